The van der Waals surface area contributed by atoms with Gasteiger partial charge in [-0.3, -0.25) is 4.79 Å². The average molecular weight is 406 g/mol. The van der Waals surface area contributed by atoms with Crippen molar-refractivity contribution in [2.24, 2.45) is 0 Å². The predicted octanol–water partition coefficient (Wildman–Crippen LogP) is 7.07. The molecule has 0 N–H and O–H groups in total. The molecule has 0 aliphatic rings. The van der Waals surface area contributed by atoms with E-state index in [1.165, 1.54) is 16.8 Å². The van der Waals surface area contributed by atoms with Gasteiger partial charge in [0.2, 0.25) is 0 Å². The Hall–Kier alpha value is -3.65. The lowest BCUT2D eigenvalue weighted by atomic mass is 9.97. The maximum Gasteiger partial charge on any atom is 0.159 e. The Bertz CT molecular complexity index is 1110. The number of anilines is 1. The molecule has 0 radical (unpaired) electrons. The van der Waals surface area contributed by atoms with Crippen molar-refractivity contribution in [1.82, 2.24) is 0 Å². The van der Waals surface area contributed by atoms with Crippen LogP contribution in [-0.4, -0.2) is 5.78 Å². The molecule has 0 saturated heterocycles. The summed E-state index contributed by atoms with van der Waals surface area (Å²) in [5, 5.41) is 0. The molecule has 2 nitrogen and oxygen atoms in total. The molecule has 0 amide bonds. The van der Waals surface area contributed by atoms with E-state index in [4.69, 9.17) is 0 Å². The third kappa shape index (κ3) is 5.10. The summed E-state index contributed by atoms with van der Waals surface area (Å²) in [5.74, 6) is 0.0995. The lowest BCUT2D eigenvalue weighted by molar-refractivity contribution is 0.101. The van der Waals surface area contributed by atoms with Crippen LogP contribution in [0.3, 0.4) is 0 Å². The highest BCUT2D eigenvalue weighted by Crippen LogP contribution is 2.28. The Morgan fingerprint density at radius 2 is 1.26 bits per heavy atom. The molecule has 4 aromatic rings. The predicted molar refractivity (Wildman–Crippen MR) is 129 cm³/mol. The molecular formula is C29H27NO. The fourth-order valence-electron chi connectivity index (χ4n) is 3.90. The number of carbonyl (C=O) groups excluding carboxylic acids is 1. The molecule has 0 atom stereocenters. The molecule has 0 aliphatic carbocycles. The van der Waals surface area contributed by atoms with Gasteiger partial charge in [0.25, 0.3) is 0 Å². The molecule has 0 unspecified atom stereocenters. The van der Waals surface area contributed by atoms with Crippen molar-refractivity contribution in [3.05, 3.63) is 125 Å². The van der Waals surface area contributed by atoms with Crippen LogP contribution in [0.5, 0.6) is 0 Å². The number of aryl methyl sites for hydroxylation is 1. The van der Waals surface area contributed by atoms with Crippen LogP contribution in [0, 0.1) is 6.92 Å². The lowest BCUT2D eigenvalue weighted by Crippen LogP contribution is -2.22. The molecule has 0 heterocycles. The first-order chi connectivity index (χ1) is 15.1. The number of nitrogens with zero attached hydrogens (tertiary/aromatic N) is 1. The third-order valence-corrected chi connectivity index (χ3v) is 5.61. The van der Waals surface area contributed by atoms with Gasteiger partial charge in [-0.05, 0) is 59.9 Å². The standard InChI is InChI=1S/C29H27NO/c1-22-19-27(23(2)31)15-18-29(22)26-13-16-28(17-14-26)30(20-24-9-5-3-6-10-24)21-25-11-7-4-8-12-25/h3-19H,20-21H2,1-2H3. The number of carbonyl (C=O) groups is 1. The van der Waals surface area contributed by atoms with Crippen molar-refractivity contribution >= 4 is 11.5 Å². The van der Waals surface area contributed by atoms with Gasteiger partial charge in [-0.2, -0.15) is 0 Å². The molecule has 31 heavy (non-hydrogen) atoms. The number of hydrogen-bond acceptors (Lipinski definition) is 2. The van der Waals surface area contributed by atoms with E-state index in [1.54, 1.807) is 6.92 Å². The highest BCUT2D eigenvalue weighted by atomic mass is 16.1. The highest BCUT2D eigenvalue weighted by Gasteiger charge is 2.10. The van der Waals surface area contributed by atoms with Crippen molar-refractivity contribution in [3.8, 4) is 11.1 Å². The maximum absolute atomic E-state index is 11.7. The maximum atomic E-state index is 11.7. The summed E-state index contributed by atoms with van der Waals surface area (Å²) in [5.41, 5.74) is 7.97. The second-order valence-corrected chi connectivity index (χ2v) is 7.96. The zero-order chi connectivity index (χ0) is 21.6. The minimum atomic E-state index is 0.0995. The van der Waals surface area contributed by atoms with Gasteiger partial charge < -0.3 is 4.90 Å². The van der Waals surface area contributed by atoms with E-state index >= 15 is 0 Å². The van der Waals surface area contributed by atoms with E-state index in [0.717, 1.165) is 35.3 Å². The Morgan fingerprint density at radius 3 is 1.74 bits per heavy atom. The number of benzene rings is 4. The van der Waals surface area contributed by atoms with Crippen molar-refractivity contribution in [2.45, 2.75) is 26.9 Å². The van der Waals surface area contributed by atoms with E-state index in [0.29, 0.717) is 0 Å². The number of hydrogen-bond donors (Lipinski definition) is 0. The second kappa shape index (κ2) is 9.44. The molecule has 0 spiro atoms. The van der Waals surface area contributed by atoms with Crippen LogP contribution in [0.4, 0.5) is 5.69 Å². The largest absolute Gasteiger partial charge is 0.363 e. The van der Waals surface area contributed by atoms with Gasteiger partial charge in [0.1, 0.15) is 0 Å². The van der Waals surface area contributed by atoms with Crippen LogP contribution in [0.2, 0.25) is 0 Å². The van der Waals surface area contributed by atoms with Crippen molar-refractivity contribution in [3.63, 3.8) is 0 Å². The quantitative estimate of drug-likeness (QED) is 0.306. The summed E-state index contributed by atoms with van der Waals surface area (Å²) < 4.78 is 0. The molecule has 0 aliphatic heterocycles. The van der Waals surface area contributed by atoms with Crippen molar-refractivity contribution in [2.75, 3.05) is 4.90 Å². The second-order valence-electron chi connectivity index (χ2n) is 7.96. The first-order valence-electron chi connectivity index (χ1n) is 10.6. The number of ketones is 1. The molecule has 0 saturated carbocycles. The van der Waals surface area contributed by atoms with Crippen molar-refractivity contribution in [1.29, 1.82) is 0 Å². The fraction of sp³-hybridized carbons (Fsp3) is 0.138. The monoisotopic (exact) mass is 405 g/mol. The zero-order valence-electron chi connectivity index (χ0n) is 18.1. The summed E-state index contributed by atoms with van der Waals surface area (Å²) >= 11 is 0. The molecule has 0 bridgehead atoms. The molecule has 4 rings (SSSR count). The average Bonchev–Trinajstić information content (AvgIpc) is 2.80. The normalized spacial score (nSPS) is 10.6. The minimum Gasteiger partial charge on any atom is -0.363 e. The Labute approximate surface area is 184 Å². The summed E-state index contributed by atoms with van der Waals surface area (Å²) in [7, 11) is 0. The molecule has 4 aromatic carbocycles. The highest BCUT2D eigenvalue weighted by molar-refractivity contribution is 5.95. The van der Waals surface area contributed by atoms with Crippen LogP contribution in [0.1, 0.15) is 34.0 Å². The zero-order valence-corrected chi connectivity index (χ0v) is 18.1. The minimum absolute atomic E-state index is 0.0995. The Balaban J connectivity index is 1.62. The SMILES string of the molecule is CC(=O)c1ccc(-c2ccc(N(Cc3ccccc3)Cc3ccccc3)cc2)c(C)c1. The summed E-state index contributed by atoms with van der Waals surface area (Å²) in [4.78, 5) is 14.1. The third-order valence-electron chi connectivity index (χ3n) is 5.61. The van der Waals surface area contributed by atoms with Gasteiger partial charge in [-0.1, -0.05) is 84.9 Å². The molecule has 154 valence electrons. The van der Waals surface area contributed by atoms with Gasteiger partial charge in [-0.15, -0.1) is 0 Å². The van der Waals surface area contributed by atoms with Crippen molar-refractivity contribution < 1.29 is 4.79 Å². The van der Waals surface area contributed by atoms with Crippen LogP contribution < -0.4 is 4.90 Å². The topological polar surface area (TPSA) is 20.3 Å². The summed E-state index contributed by atoms with van der Waals surface area (Å²) in [6.45, 7) is 5.37. The Morgan fingerprint density at radius 1 is 0.710 bits per heavy atom. The Kier molecular flexibility index (Phi) is 6.28. The summed E-state index contributed by atoms with van der Waals surface area (Å²) in [6, 6.07) is 35.8. The molecule has 0 aromatic heterocycles. The smallest absolute Gasteiger partial charge is 0.159 e. The number of Topliss-reactive ketones (excluding diaryl/α,β-unsaturated/α-hetero) is 1. The van der Waals surface area contributed by atoms with E-state index in [2.05, 4.69) is 96.8 Å². The fourth-order valence-corrected chi connectivity index (χ4v) is 3.90. The van der Waals surface area contributed by atoms with E-state index in [1.807, 2.05) is 18.2 Å². The van der Waals surface area contributed by atoms with E-state index in [-0.39, 0.29) is 5.78 Å². The molecular weight excluding hydrogens is 378 g/mol. The lowest BCUT2D eigenvalue weighted by Gasteiger charge is -2.25. The molecule has 0 fully saturated rings. The van der Waals surface area contributed by atoms with Gasteiger partial charge >= 0.3 is 0 Å². The summed E-state index contributed by atoms with van der Waals surface area (Å²) in [6.07, 6.45) is 0. The molecule has 2 heteroatoms. The number of rotatable bonds is 7. The van der Waals surface area contributed by atoms with Gasteiger partial charge in [0.15, 0.2) is 5.78 Å². The first-order valence-corrected chi connectivity index (χ1v) is 10.6. The van der Waals surface area contributed by atoms with Crippen LogP contribution in [-0.2, 0) is 13.1 Å². The van der Waals surface area contributed by atoms with Gasteiger partial charge in [0.05, 0.1) is 0 Å². The van der Waals surface area contributed by atoms with Crippen LogP contribution in [0.25, 0.3) is 11.1 Å². The van der Waals surface area contributed by atoms with Crippen LogP contribution in [0.15, 0.2) is 103 Å². The van der Waals surface area contributed by atoms with Gasteiger partial charge in [0, 0.05) is 24.3 Å². The van der Waals surface area contributed by atoms with E-state index in [9.17, 15) is 4.79 Å². The van der Waals surface area contributed by atoms with Crippen LogP contribution >= 0.6 is 0 Å². The first kappa shape index (κ1) is 20.6. The van der Waals surface area contributed by atoms with Gasteiger partial charge in [-0.25, -0.2) is 0 Å². The van der Waals surface area contributed by atoms with E-state index < -0.39 is 0 Å².